The average Bonchev–Trinajstić information content (AvgIpc) is 3.07. The number of likely N-dealkylation sites (tertiary alicyclic amines) is 1. The zero-order chi connectivity index (χ0) is 16.8. The van der Waals surface area contributed by atoms with Gasteiger partial charge in [0.05, 0.1) is 18.6 Å². The summed E-state index contributed by atoms with van der Waals surface area (Å²) < 4.78 is 12.0. The lowest BCUT2D eigenvalue weighted by molar-refractivity contribution is -0.246. The Bertz CT molecular complexity index is 611. The minimum absolute atomic E-state index is 0.265. The highest BCUT2D eigenvalue weighted by Gasteiger charge is 2.59. The topological polar surface area (TPSA) is 38.8 Å². The molecule has 3 fully saturated rings. The van der Waals surface area contributed by atoms with E-state index in [2.05, 4.69) is 26.0 Å². The Balaban J connectivity index is 1.54. The average molecular weight is 329 g/mol. The molecule has 130 valence electrons. The normalized spacial score (nSPS) is 35.2. The summed E-state index contributed by atoms with van der Waals surface area (Å²) in [4.78, 5) is 15.3. The molecule has 1 aliphatic carbocycles. The van der Waals surface area contributed by atoms with E-state index in [1.807, 2.05) is 23.1 Å². The summed E-state index contributed by atoms with van der Waals surface area (Å²) in [5, 5.41) is 0. The van der Waals surface area contributed by atoms with Gasteiger partial charge in [-0.25, -0.2) is 0 Å². The van der Waals surface area contributed by atoms with Crippen LogP contribution in [0.3, 0.4) is 0 Å². The fraction of sp³-hybridized carbons (Fsp3) is 0.650. The SMILES string of the molecule is CC1C2CCN(Cc3ccccc3)C(=O)C2(C)CCC12OCCO2. The third-order valence-corrected chi connectivity index (χ3v) is 6.59. The molecule has 0 aromatic heterocycles. The van der Waals surface area contributed by atoms with Crippen LogP contribution in [-0.2, 0) is 20.8 Å². The van der Waals surface area contributed by atoms with Crippen molar-refractivity contribution in [3.63, 3.8) is 0 Å². The van der Waals surface area contributed by atoms with E-state index in [0.29, 0.717) is 31.6 Å². The lowest BCUT2D eigenvalue weighted by atomic mass is 9.57. The summed E-state index contributed by atoms with van der Waals surface area (Å²) >= 11 is 0. The third-order valence-electron chi connectivity index (χ3n) is 6.59. The third kappa shape index (κ3) is 2.39. The molecule has 2 saturated heterocycles. The molecule has 1 aromatic rings. The highest BCUT2D eigenvalue weighted by molar-refractivity contribution is 5.83. The van der Waals surface area contributed by atoms with Crippen molar-refractivity contribution in [1.82, 2.24) is 4.90 Å². The fourth-order valence-electron chi connectivity index (χ4n) is 5.13. The van der Waals surface area contributed by atoms with Crippen molar-refractivity contribution >= 4 is 5.91 Å². The number of hydrogen-bond acceptors (Lipinski definition) is 3. The minimum Gasteiger partial charge on any atom is -0.347 e. The lowest BCUT2D eigenvalue weighted by Gasteiger charge is -2.55. The van der Waals surface area contributed by atoms with E-state index in [9.17, 15) is 4.79 Å². The number of piperidine rings is 1. The van der Waals surface area contributed by atoms with Crippen molar-refractivity contribution in [3.8, 4) is 0 Å². The molecule has 1 amide bonds. The molecule has 4 nitrogen and oxygen atoms in total. The van der Waals surface area contributed by atoms with Gasteiger partial charge < -0.3 is 14.4 Å². The van der Waals surface area contributed by atoms with E-state index in [-0.39, 0.29) is 11.3 Å². The molecule has 0 bridgehead atoms. The van der Waals surface area contributed by atoms with Crippen LogP contribution in [-0.4, -0.2) is 36.4 Å². The molecule has 3 aliphatic rings. The molecule has 1 aromatic carbocycles. The second kappa shape index (κ2) is 5.85. The first-order valence-corrected chi connectivity index (χ1v) is 9.16. The van der Waals surface area contributed by atoms with Gasteiger partial charge in [0, 0.05) is 25.4 Å². The number of amides is 1. The number of ether oxygens (including phenoxy) is 2. The number of benzene rings is 1. The zero-order valence-corrected chi connectivity index (χ0v) is 14.7. The molecule has 3 unspecified atom stereocenters. The van der Waals surface area contributed by atoms with Crippen LogP contribution in [0.2, 0.25) is 0 Å². The molecular weight excluding hydrogens is 302 g/mol. The van der Waals surface area contributed by atoms with Crippen molar-refractivity contribution in [2.24, 2.45) is 17.3 Å². The second-order valence-corrected chi connectivity index (χ2v) is 7.82. The molecule has 1 saturated carbocycles. The van der Waals surface area contributed by atoms with Crippen molar-refractivity contribution in [2.45, 2.75) is 45.4 Å². The van der Waals surface area contributed by atoms with E-state index in [0.717, 1.165) is 25.8 Å². The number of fused-ring (bicyclic) bond motifs is 1. The number of carbonyl (C=O) groups excluding carboxylic acids is 1. The maximum atomic E-state index is 13.3. The molecular formula is C20H27NO3. The number of rotatable bonds is 2. The Morgan fingerprint density at radius 3 is 2.58 bits per heavy atom. The first-order valence-electron chi connectivity index (χ1n) is 9.16. The van der Waals surface area contributed by atoms with Crippen LogP contribution in [0.5, 0.6) is 0 Å². The fourth-order valence-corrected chi connectivity index (χ4v) is 5.13. The highest BCUT2D eigenvalue weighted by Crippen LogP contribution is 2.55. The largest absolute Gasteiger partial charge is 0.347 e. The predicted octanol–water partition coefficient (Wildman–Crippen LogP) is 3.21. The summed E-state index contributed by atoms with van der Waals surface area (Å²) in [6, 6.07) is 10.3. The number of hydrogen-bond donors (Lipinski definition) is 0. The molecule has 3 atom stereocenters. The summed E-state index contributed by atoms with van der Waals surface area (Å²) in [6.07, 6.45) is 2.71. The Morgan fingerprint density at radius 1 is 1.17 bits per heavy atom. The van der Waals surface area contributed by atoms with Gasteiger partial charge in [-0.05, 0) is 24.3 Å². The lowest BCUT2D eigenvalue weighted by Crippen LogP contribution is -2.60. The smallest absolute Gasteiger partial charge is 0.229 e. The van der Waals surface area contributed by atoms with E-state index in [1.54, 1.807) is 0 Å². The van der Waals surface area contributed by atoms with Crippen molar-refractivity contribution in [3.05, 3.63) is 35.9 Å². The Morgan fingerprint density at radius 2 is 1.88 bits per heavy atom. The zero-order valence-electron chi connectivity index (χ0n) is 14.7. The number of carbonyl (C=O) groups is 1. The van der Waals surface area contributed by atoms with Crippen LogP contribution in [0.4, 0.5) is 0 Å². The summed E-state index contributed by atoms with van der Waals surface area (Å²) in [5.74, 6) is 0.472. The summed E-state index contributed by atoms with van der Waals surface area (Å²) in [6.45, 7) is 7.29. The minimum atomic E-state index is -0.438. The predicted molar refractivity (Wildman–Crippen MR) is 91.1 cm³/mol. The molecule has 4 rings (SSSR count). The molecule has 2 heterocycles. The van der Waals surface area contributed by atoms with Gasteiger partial charge in [0.15, 0.2) is 5.79 Å². The number of nitrogens with zero attached hydrogens (tertiary/aromatic N) is 1. The Labute approximate surface area is 144 Å². The van der Waals surface area contributed by atoms with Gasteiger partial charge in [0.25, 0.3) is 0 Å². The van der Waals surface area contributed by atoms with E-state index in [1.165, 1.54) is 5.56 Å². The van der Waals surface area contributed by atoms with Crippen LogP contribution < -0.4 is 0 Å². The van der Waals surface area contributed by atoms with Gasteiger partial charge in [-0.3, -0.25) is 4.79 Å². The van der Waals surface area contributed by atoms with Crippen molar-refractivity contribution < 1.29 is 14.3 Å². The molecule has 0 radical (unpaired) electrons. The first-order chi connectivity index (χ1) is 11.6. The monoisotopic (exact) mass is 329 g/mol. The van der Waals surface area contributed by atoms with Crippen LogP contribution in [0.25, 0.3) is 0 Å². The van der Waals surface area contributed by atoms with Gasteiger partial charge >= 0.3 is 0 Å². The van der Waals surface area contributed by atoms with E-state index < -0.39 is 5.79 Å². The van der Waals surface area contributed by atoms with Crippen LogP contribution in [0, 0.1) is 17.3 Å². The first kappa shape index (κ1) is 16.1. The van der Waals surface area contributed by atoms with Gasteiger partial charge in [-0.15, -0.1) is 0 Å². The molecule has 2 aliphatic heterocycles. The van der Waals surface area contributed by atoms with Crippen LogP contribution in [0.1, 0.15) is 38.7 Å². The van der Waals surface area contributed by atoms with E-state index >= 15 is 0 Å². The molecule has 4 heteroatoms. The standard InChI is InChI=1S/C20H27NO3/c1-15-17-8-11-21(14-16-6-4-3-5-7-16)18(22)19(17,2)9-10-20(15)23-12-13-24-20/h3-7,15,17H,8-14H2,1-2H3. The Hall–Kier alpha value is -1.39. The second-order valence-electron chi connectivity index (χ2n) is 7.82. The van der Waals surface area contributed by atoms with E-state index in [4.69, 9.17) is 9.47 Å². The summed E-state index contributed by atoms with van der Waals surface area (Å²) in [7, 11) is 0. The highest BCUT2D eigenvalue weighted by atomic mass is 16.7. The molecule has 0 N–H and O–H groups in total. The van der Waals surface area contributed by atoms with Gasteiger partial charge in [-0.2, -0.15) is 0 Å². The quantitative estimate of drug-likeness (QED) is 0.836. The Kier molecular flexibility index (Phi) is 3.92. The van der Waals surface area contributed by atoms with Gasteiger partial charge in [0.1, 0.15) is 0 Å². The molecule has 24 heavy (non-hydrogen) atoms. The summed E-state index contributed by atoms with van der Waals surface area (Å²) in [5.41, 5.74) is 0.920. The molecule has 1 spiro atoms. The van der Waals surface area contributed by atoms with Crippen LogP contribution >= 0.6 is 0 Å². The van der Waals surface area contributed by atoms with Gasteiger partial charge in [0.2, 0.25) is 5.91 Å². The van der Waals surface area contributed by atoms with Crippen molar-refractivity contribution in [2.75, 3.05) is 19.8 Å². The maximum Gasteiger partial charge on any atom is 0.229 e. The van der Waals surface area contributed by atoms with Gasteiger partial charge in [-0.1, -0.05) is 44.2 Å². The maximum absolute atomic E-state index is 13.3. The van der Waals surface area contributed by atoms with Crippen molar-refractivity contribution in [1.29, 1.82) is 0 Å². The van der Waals surface area contributed by atoms with Crippen LogP contribution in [0.15, 0.2) is 30.3 Å².